The smallest absolute Gasteiger partial charge is 0.194 e. The lowest BCUT2D eigenvalue weighted by Gasteiger charge is -2.19. The number of rotatable bonds is 3. The van der Waals surface area contributed by atoms with Crippen molar-refractivity contribution in [1.29, 1.82) is 0 Å². The molecule has 1 nitrogen and oxygen atoms in total. The predicted octanol–water partition coefficient (Wildman–Crippen LogP) is 4.16. The molecule has 1 atom stereocenters. The molecule has 0 bridgehead atoms. The summed E-state index contributed by atoms with van der Waals surface area (Å²) in [5.74, 6) is -4.42. The van der Waals surface area contributed by atoms with Gasteiger partial charge in [0.05, 0.1) is 6.04 Å². The third kappa shape index (κ3) is 2.80. The Labute approximate surface area is 127 Å². The Bertz CT molecular complexity index is 645. The normalized spacial score (nSPS) is 12.5. The van der Waals surface area contributed by atoms with Crippen molar-refractivity contribution >= 4 is 22.6 Å². The van der Waals surface area contributed by atoms with Crippen LogP contribution in [-0.4, -0.2) is 7.05 Å². The minimum atomic E-state index is -1.51. The van der Waals surface area contributed by atoms with Crippen molar-refractivity contribution in [3.05, 3.63) is 68.3 Å². The molecule has 0 amide bonds. The quantitative estimate of drug-likeness (QED) is 0.468. The van der Waals surface area contributed by atoms with Gasteiger partial charge in [0.1, 0.15) is 5.82 Å². The molecule has 6 heteroatoms. The molecule has 0 aliphatic rings. The minimum Gasteiger partial charge on any atom is -0.309 e. The fourth-order valence-electron chi connectivity index (χ4n) is 1.98. The molecule has 2 aromatic carbocycles. The molecule has 0 radical (unpaired) electrons. The van der Waals surface area contributed by atoms with Crippen molar-refractivity contribution in [3.63, 3.8) is 0 Å². The first-order chi connectivity index (χ1) is 9.45. The maximum absolute atomic E-state index is 13.9. The van der Waals surface area contributed by atoms with Crippen LogP contribution < -0.4 is 5.32 Å². The molecule has 0 saturated carbocycles. The highest BCUT2D eigenvalue weighted by Crippen LogP contribution is 2.29. The van der Waals surface area contributed by atoms with Gasteiger partial charge in [-0.2, -0.15) is 0 Å². The fourth-order valence-corrected chi connectivity index (χ4v) is 2.77. The van der Waals surface area contributed by atoms with E-state index in [4.69, 9.17) is 0 Å². The van der Waals surface area contributed by atoms with Crippen molar-refractivity contribution < 1.29 is 17.6 Å². The van der Waals surface area contributed by atoms with E-state index >= 15 is 0 Å². The van der Waals surface area contributed by atoms with Gasteiger partial charge < -0.3 is 5.32 Å². The SMILES string of the molecule is CNC(c1ccc(F)cc1I)c1ccc(F)c(F)c1F. The molecule has 0 saturated heterocycles. The topological polar surface area (TPSA) is 12.0 Å². The molecule has 0 heterocycles. The van der Waals surface area contributed by atoms with Crippen molar-refractivity contribution in [1.82, 2.24) is 5.32 Å². The number of benzene rings is 2. The lowest BCUT2D eigenvalue weighted by molar-refractivity contribution is 0.435. The summed E-state index contributed by atoms with van der Waals surface area (Å²) in [5.41, 5.74) is 0.551. The van der Waals surface area contributed by atoms with Gasteiger partial charge in [-0.15, -0.1) is 0 Å². The number of hydrogen-bond donors (Lipinski definition) is 1. The van der Waals surface area contributed by atoms with Crippen molar-refractivity contribution in [3.8, 4) is 0 Å². The van der Waals surface area contributed by atoms with Crippen LogP contribution in [0.25, 0.3) is 0 Å². The van der Waals surface area contributed by atoms with Gasteiger partial charge in [0.15, 0.2) is 17.5 Å². The molecule has 0 fully saturated rings. The standard InChI is InChI=1S/C14H10F4IN/c1-20-14(8-3-2-7(15)6-11(8)19)9-4-5-10(16)13(18)12(9)17/h2-6,14,20H,1H3. The molecule has 1 N–H and O–H groups in total. The molecule has 2 aromatic rings. The largest absolute Gasteiger partial charge is 0.309 e. The Morgan fingerprint density at radius 2 is 1.60 bits per heavy atom. The number of nitrogens with one attached hydrogen (secondary N) is 1. The second-order valence-electron chi connectivity index (χ2n) is 4.15. The number of hydrogen-bond acceptors (Lipinski definition) is 1. The van der Waals surface area contributed by atoms with E-state index in [1.54, 1.807) is 7.05 Å². The highest BCUT2D eigenvalue weighted by atomic mass is 127. The molecule has 1 unspecified atom stereocenters. The summed E-state index contributed by atoms with van der Waals surface area (Å²) in [6.07, 6.45) is 0. The van der Waals surface area contributed by atoms with Crippen LogP contribution in [0.5, 0.6) is 0 Å². The minimum absolute atomic E-state index is 0.0316. The van der Waals surface area contributed by atoms with Gasteiger partial charge in [0.25, 0.3) is 0 Å². The summed E-state index contributed by atoms with van der Waals surface area (Å²) in [6.45, 7) is 0. The molecule has 0 aliphatic heterocycles. The van der Waals surface area contributed by atoms with E-state index in [-0.39, 0.29) is 5.56 Å². The third-order valence-electron chi connectivity index (χ3n) is 2.94. The van der Waals surface area contributed by atoms with E-state index < -0.39 is 29.3 Å². The maximum atomic E-state index is 13.9. The van der Waals surface area contributed by atoms with E-state index in [0.717, 1.165) is 6.07 Å². The Balaban J connectivity index is 2.55. The van der Waals surface area contributed by atoms with Gasteiger partial charge >= 0.3 is 0 Å². The average molecular weight is 395 g/mol. The first-order valence-corrected chi connectivity index (χ1v) is 6.79. The molecule has 20 heavy (non-hydrogen) atoms. The van der Waals surface area contributed by atoms with Gasteiger partial charge in [-0.05, 0) is 53.4 Å². The molecule has 0 aliphatic carbocycles. The van der Waals surface area contributed by atoms with Gasteiger partial charge in [0.2, 0.25) is 0 Å². The van der Waals surface area contributed by atoms with E-state index in [2.05, 4.69) is 5.32 Å². The zero-order chi connectivity index (χ0) is 14.9. The van der Waals surface area contributed by atoms with Gasteiger partial charge in [-0.1, -0.05) is 12.1 Å². The van der Waals surface area contributed by atoms with Crippen molar-refractivity contribution in [2.24, 2.45) is 0 Å². The first kappa shape index (κ1) is 15.2. The highest BCUT2D eigenvalue weighted by molar-refractivity contribution is 14.1. The fraction of sp³-hybridized carbons (Fsp3) is 0.143. The number of halogens is 5. The van der Waals surface area contributed by atoms with Crippen LogP contribution in [0, 0.1) is 26.8 Å². The predicted molar refractivity (Wildman–Crippen MR) is 76.3 cm³/mol. The van der Waals surface area contributed by atoms with Crippen LogP contribution in [0.2, 0.25) is 0 Å². The Kier molecular flexibility index (Phi) is 4.64. The maximum Gasteiger partial charge on any atom is 0.194 e. The average Bonchev–Trinajstić information content (AvgIpc) is 2.41. The van der Waals surface area contributed by atoms with Crippen molar-refractivity contribution in [2.75, 3.05) is 7.05 Å². The Morgan fingerprint density at radius 1 is 0.950 bits per heavy atom. The highest BCUT2D eigenvalue weighted by Gasteiger charge is 2.22. The molecule has 106 valence electrons. The first-order valence-electron chi connectivity index (χ1n) is 5.71. The monoisotopic (exact) mass is 395 g/mol. The van der Waals surface area contributed by atoms with Crippen molar-refractivity contribution in [2.45, 2.75) is 6.04 Å². The van der Waals surface area contributed by atoms with Gasteiger partial charge in [-0.3, -0.25) is 0 Å². The summed E-state index contributed by atoms with van der Waals surface area (Å²) >= 11 is 1.91. The molecule has 0 spiro atoms. The van der Waals surface area contributed by atoms with E-state index in [1.165, 1.54) is 24.3 Å². The molecular formula is C14H10F4IN. The summed E-state index contributed by atoms with van der Waals surface area (Å²) in [7, 11) is 1.56. The molecule has 2 rings (SSSR count). The van der Waals surface area contributed by atoms with Crippen LogP contribution in [0.3, 0.4) is 0 Å². The second kappa shape index (κ2) is 6.09. The van der Waals surface area contributed by atoms with Crippen LogP contribution in [-0.2, 0) is 0 Å². The summed E-state index contributed by atoms with van der Waals surface area (Å²) in [5, 5.41) is 2.83. The summed E-state index contributed by atoms with van der Waals surface area (Å²) < 4.78 is 53.8. The van der Waals surface area contributed by atoms with Crippen LogP contribution >= 0.6 is 22.6 Å². The summed E-state index contributed by atoms with van der Waals surface area (Å²) in [6, 6.07) is 5.36. The van der Waals surface area contributed by atoms with Crippen LogP contribution in [0.4, 0.5) is 17.6 Å². The van der Waals surface area contributed by atoms with E-state index in [9.17, 15) is 17.6 Å². The van der Waals surface area contributed by atoms with Crippen LogP contribution in [0.1, 0.15) is 17.2 Å². The molecular weight excluding hydrogens is 385 g/mol. The van der Waals surface area contributed by atoms with E-state index in [1.807, 2.05) is 22.6 Å². The zero-order valence-corrected chi connectivity index (χ0v) is 12.5. The molecule has 0 aromatic heterocycles. The third-order valence-corrected chi connectivity index (χ3v) is 3.87. The van der Waals surface area contributed by atoms with E-state index in [0.29, 0.717) is 9.13 Å². The summed E-state index contributed by atoms with van der Waals surface area (Å²) in [4.78, 5) is 0. The second-order valence-corrected chi connectivity index (χ2v) is 5.31. The lowest BCUT2D eigenvalue weighted by Crippen LogP contribution is -2.21. The lowest BCUT2D eigenvalue weighted by atomic mass is 9.98. The Hall–Kier alpha value is -1.15. The van der Waals surface area contributed by atoms with Gasteiger partial charge in [0, 0.05) is 9.13 Å². The zero-order valence-electron chi connectivity index (χ0n) is 10.4. The van der Waals surface area contributed by atoms with Gasteiger partial charge in [-0.25, -0.2) is 17.6 Å². The Morgan fingerprint density at radius 3 is 2.20 bits per heavy atom. The van der Waals surface area contributed by atoms with Crippen LogP contribution in [0.15, 0.2) is 30.3 Å².